The molecule has 0 aromatic heterocycles. The first-order chi connectivity index (χ1) is 4.24. The van der Waals surface area contributed by atoms with Gasteiger partial charge in [0.15, 0.2) is 0 Å². The Kier molecular flexibility index (Phi) is 1.53. The van der Waals surface area contributed by atoms with Gasteiger partial charge in [0.2, 0.25) is 5.91 Å². The molecule has 1 rings (SSSR count). The quantitative estimate of drug-likeness (QED) is 0.485. The minimum absolute atomic E-state index is 0.132. The molecule has 0 saturated heterocycles. The third kappa shape index (κ3) is 1.54. The zero-order valence-electron chi connectivity index (χ0n) is 5.13. The van der Waals surface area contributed by atoms with Gasteiger partial charge in [-0.2, -0.15) is 0 Å². The fourth-order valence-corrected chi connectivity index (χ4v) is 0.622. The second-order valence-electron chi connectivity index (χ2n) is 2.22. The first-order valence-electron chi connectivity index (χ1n) is 2.92. The molecule has 9 heavy (non-hydrogen) atoms. The van der Waals surface area contributed by atoms with Gasteiger partial charge in [0.1, 0.15) is 0 Å². The monoisotopic (exact) mass is 126 g/mol. The van der Waals surface area contributed by atoms with Gasteiger partial charge in [-0.3, -0.25) is 4.79 Å². The van der Waals surface area contributed by atoms with Gasteiger partial charge in [0, 0.05) is 12.1 Å². The number of carbonyl (C=O) groups is 1. The Morgan fingerprint density at radius 3 is 2.78 bits per heavy atom. The Bertz CT molecular complexity index is 144. The fourth-order valence-electron chi connectivity index (χ4n) is 0.622. The zero-order valence-corrected chi connectivity index (χ0v) is 5.13. The van der Waals surface area contributed by atoms with Gasteiger partial charge in [0.25, 0.3) is 0 Å². The highest BCUT2D eigenvalue weighted by Gasteiger charge is 2.33. The third-order valence-corrected chi connectivity index (χ3v) is 1.35. The predicted octanol–water partition coefficient (Wildman–Crippen LogP) is -0.612. The number of nitrogens with one attached hydrogen (secondary N) is 1. The van der Waals surface area contributed by atoms with Gasteiger partial charge in [-0.1, -0.05) is 6.58 Å². The van der Waals surface area contributed by atoms with E-state index in [1.54, 1.807) is 0 Å². The van der Waals surface area contributed by atoms with Gasteiger partial charge in [-0.25, -0.2) is 0 Å². The molecule has 50 valence electrons. The molecule has 3 nitrogen and oxygen atoms in total. The Morgan fingerprint density at radius 2 is 2.44 bits per heavy atom. The van der Waals surface area contributed by atoms with E-state index in [1.165, 1.54) is 6.08 Å². The molecule has 1 saturated carbocycles. The van der Waals surface area contributed by atoms with Crippen molar-refractivity contribution < 1.29 is 4.79 Å². The summed E-state index contributed by atoms with van der Waals surface area (Å²) in [6.45, 7) is 3.31. The molecule has 2 unspecified atom stereocenters. The maximum Gasteiger partial charge on any atom is 0.243 e. The van der Waals surface area contributed by atoms with Crippen LogP contribution in [0.3, 0.4) is 0 Å². The Balaban J connectivity index is 2.19. The summed E-state index contributed by atoms with van der Waals surface area (Å²) in [5.74, 6) is -0.132. The first-order valence-corrected chi connectivity index (χ1v) is 2.92. The molecule has 0 aromatic carbocycles. The summed E-state index contributed by atoms with van der Waals surface area (Å²) < 4.78 is 0. The van der Waals surface area contributed by atoms with Crippen LogP contribution >= 0.6 is 0 Å². The summed E-state index contributed by atoms with van der Waals surface area (Å²) in [7, 11) is 0. The molecule has 2 atom stereocenters. The minimum atomic E-state index is -0.132. The van der Waals surface area contributed by atoms with E-state index in [0.717, 1.165) is 6.42 Å². The van der Waals surface area contributed by atoms with Gasteiger partial charge >= 0.3 is 0 Å². The molecular weight excluding hydrogens is 116 g/mol. The highest BCUT2D eigenvalue weighted by atomic mass is 16.1. The lowest BCUT2D eigenvalue weighted by atomic mass is 10.5. The van der Waals surface area contributed by atoms with E-state index in [9.17, 15) is 4.79 Å². The summed E-state index contributed by atoms with van der Waals surface area (Å²) in [6.07, 6.45) is 2.16. The summed E-state index contributed by atoms with van der Waals surface area (Å²) in [4.78, 5) is 10.5. The largest absolute Gasteiger partial charge is 0.348 e. The van der Waals surface area contributed by atoms with Crippen LogP contribution in [0.2, 0.25) is 0 Å². The van der Waals surface area contributed by atoms with Gasteiger partial charge in [0.05, 0.1) is 0 Å². The SMILES string of the molecule is C=CC(=O)NC1CC1N. The second-order valence-corrected chi connectivity index (χ2v) is 2.22. The molecular formula is C6H10N2O. The third-order valence-electron chi connectivity index (χ3n) is 1.35. The summed E-state index contributed by atoms with van der Waals surface area (Å²) >= 11 is 0. The Labute approximate surface area is 53.9 Å². The van der Waals surface area contributed by atoms with Crippen LogP contribution in [-0.4, -0.2) is 18.0 Å². The second kappa shape index (κ2) is 2.19. The molecule has 3 heteroatoms. The molecule has 0 aliphatic heterocycles. The fraction of sp³-hybridized carbons (Fsp3) is 0.500. The number of rotatable bonds is 2. The predicted molar refractivity (Wildman–Crippen MR) is 34.7 cm³/mol. The summed E-state index contributed by atoms with van der Waals surface area (Å²) in [5.41, 5.74) is 5.42. The lowest BCUT2D eigenvalue weighted by molar-refractivity contribution is -0.116. The molecule has 0 bridgehead atoms. The molecule has 0 spiro atoms. The van der Waals surface area contributed by atoms with Crippen LogP contribution in [-0.2, 0) is 4.79 Å². The van der Waals surface area contributed by atoms with Crippen LogP contribution < -0.4 is 11.1 Å². The number of hydrogen-bond donors (Lipinski definition) is 2. The summed E-state index contributed by atoms with van der Waals surface area (Å²) in [5, 5.41) is 2.67. The van der Waals surface area contributed by atoms with E-state index in [-0.39, 0.29) is 18.0 Å². The van der Waals surface area contributed by atoms with Crippen LogP contribution in [0.4, 0.5) is 0 Å². The average molecular weight is 126 g/mol. The smallest absolute Gasteiger partial charge is 0.243 e. The van der Waals surface area contributed by atoms with Crippen molar-refractivity contribution in [2.45, 2.75) is 18.5 Å². The lowest BCUT2D eigenvalue weighted by Gasteiger charge is -1.95. The van der Waals surface area contributed by atoms with Crippen molar-refractivity contribution >= 4 is 5.91 Å². The van der Waals surface area contributed by atoms with Crippen molar-refractivity contribution in [3.63, 3.8) is 0 Å². The van der Waals surface area contributed by atoms with E-state index in [0.29, 0.717) is 0 Å². The van der Waals surface area contributed by atoms with Crippen LogP contribution in [0, 0.1) is 0 Å². The van der Waals surface area contributed by atoms with Gasteiger partial charge in [-0.05, 0) is 12.5 Å². The van der Waals surface area contributed by atoms with Crippen molar-refractivity contribution in [3.8, 4) is 0 Å². The molecule has 0 heterocycles. The van der Waals surface area contributed by atoms with Crippen molar-refractivity contribution in [2.24, 2.45) is 5.73 Å². The van der Waals surface area contributed by atoms with Gasteiger partial charge in [-0.15, -0.1) is 0 Å². The minimum Gasteiger partial charge on any atom is -0.348 e. The molecule has 0 aromatic rings. The summed E-state index contributed by atoms with van der Waals surface area (Å²) in [6, 6.07) is 0.379. The average Bonchev–Trinajstić information content (AvgIpc) is 2.47. The van der Waals surface area contributed by atoms with E-state index in [4.69, 9.17) is 5.73 Å². The molecule has 0 radical (unpaired) electrons. The van der Waals surface area contributed by atoms with E-state index >= 15 is 0 Å². The van der Waals surface area contributed by atoms with Gasteiger partial charge < -0.3 is 11.1 Å². The van der Waals surface area contributed by atoms with Crippen molar-refractivity contribution in [2.75, 3.05) is 0 Å². The molecule has 1 aliphatic rings. The van der Waals surface area contributed by atoms with E-state index in [2.05, 4.69) is 11.9 Å². The maximum absolute atomic E-state index is 10.5. The standard InChI is InChI=1S/C6H10N2O/c1-2-6(9)8-5-3-4(5)7/h2,4-5H,1,3,7H2,(H,8,9). The van der Waals surface area contributed by atoms with Crippen LogP contribution in [0.5, 0.6) is 0 Å². The Hall–Kier alpha value is -0.830. The number of hydrogen-bond acceptors (Lipinski definition) is 2. The molecule has 1 aliphatic carbocycles. The zero-order chi connectivity index (χ0) is 6.85. The van der Waals surface area contributed by atoms with Crippen molar-refractivity contribution in [3.05, 3.63) is 12.7 Å². The van der Waals surface area contributed by atoms with E-state index in [1.807, 2.05) is 0 Å². The maximum atomic E-state index is 10.5. The number of nitrogens with two attached hydrogens (primary N) is 1. The Morgan fingerprint density at radius 1 is 1.89 bits per heavy atom. The lowest BCUT2D eigenvalue weighted by Crippen LogP contribution is -2.27. The van der Waals surface area contributed by atoms with E-state index < -0.39 is 0 Å². The first kappa shape index (κ1) is 6.29. The normalized spacial score (nSPS) is 31.2. The van der Waals surface area contributed by atoms with Crippen LogP contribution in [0.1, 0.15) is 6.42 Å². The van der Waals surface area contributed by atoms with Crippen LogP contribution in [0.15, 0.2) is 12.7 Å². The van der Waals surface area contributed by atoms with Crippen molar-refractivity contribution in [1.29, 1.82) is 0 Å². The number of amides is 1. The topological polar surface area (TPSA) is 55.1 Å². The molecule has 3 N–H and O–H groups in total. The highest BCUT2D eigenvalue weighted by molar-refractivity contribution is 5.87. The molecule has 1 amide bonds. The van der Waals surface area contributed by atoms with Crippen molar-refractivity contribution in [1.82, 2.24) is 5.32 Å². The number of carbonyl (C=O) groups excluding carboxylic acids is 1. The van der Waals surface area contributed by atoms with Crippen LogP contribution in [0.25, 0.3) is 0 Å². The highest BCUT2D eigenvalue weighted by Crippen LogP contribution is 2.17. The molecule has 1 fully saturated rings.